The van der Waals surface area contributed by atoms with E-state index < -0.39 is 0 Å². The Balaban J connectivity index is 1.70. The molecule has 3 aromatic rings. The molecule has 0 saturated heterocycles. The molecule has 0 radical (unpaired) electrons. The molecule has 0 fully saturated rings. The number of anilines is 2. The zero-order chi connectivity index (χ0) is 17.6. The van der Waals surface area contributed by atoms with Crippen LogP contribution < -0.4 is 10.2 Å². The lowest BCUT2D eigenvalue weighted by Gasteiger charge is -2.18. The highest BCUT2D eigenvalue weighted by Gasteiger charge is 2.26. The van der Waals surface area contributed by atoms with Gasteiger partial charge in [-0.2, -0.15) is 0 Å². The maximum absolute atomic E-state index is 12.2. The largest absolute Gasteiger partial charge is 0.379 e. The lowest BCUT2D eigenvalue weighted by molar-refractivity contribution is 0.0890. The molecule has 0 spiro atoms. The fraction of sp³-hybridized carbons (Fsp3) is 0.211. The standard InChI is InChI=1S/C19H17N3O2S/c1-22(2)19-21-11(10-25-19)9-20-15-7-6-14-17(24)8-16(23)13-5-3-4-12(15)18(13)14/h3-7,10,20H,8-9H2,1-2H3. The number of hydrogen-bond acceptors (Lipinski definition) is 6. The molecule has 2 aromatic carbocycles. The van der Waals surface area contributed by atoms with Gasteiger partial charge in [-0.3, -0.25) is 9.59 Å². The van der Waals surface area contributed by atoms with E-state index in [-0.39, 0.29) is 18.0 Å². The van der Waals surface area contributed by atoms with Crippen LogP contribution in [0.15, 0.2) is 35.7 Å². The van der Waals surface area contributed by atoms with E-state index in [2.05, 4.69) is 10.3 Å². The molecule has 1 N–H and O–H groups in total. The van der Waals surface area contributed by atoms with Crippen molar-refractivity contribution in [2.24, 2.45) is 0 Å². The van der Waals surface area contributed by atoms with Crippen molar-refractivity contribution in [3.63, 3.8) is 0 Å². The first-order valence-electron chi connectivity index (χ1n) is 8.02. The van der Waals surface area contributed by atoms with Gasteiger partial charge in [0.2, 0.25) is 0 Å². The first kappa shape index (κ1) is 15.8. The zero-order valence-electron chi connectivity index (χ0n) is 14.0. The summed E-state index contributed by atoms with van der Waals surface area (Å²) < 4.78 is 0. The van der Waals surface area contributed by atoms with E-state index in [0.29, 0.717) is 17.7 Å². The third-order valence-corrected chi connectivity index (χ3v) is 5.40. The summed E-state index contributed by atoms with van der Waals surface area (Å²) in [5.41, 5.74) is 3.14. The molecular formula is C19H17N3O2S. The molecule has 6 heteroatoms. The molecule has 0 amide bonds. The number of ketones is 2. The number of carbonyl (C=O) groups excluding carboxylic acids is 2. The number of hydrogen-bond donors (Lipinski definition) is 1. The molecule has 1 aromatic heterocycles. The maximum Gasteiger partial charge on any atom is 0.185 e. The number of nitrogens with zero attached hydrogens (tertiary/aromatic N) is 2. The highest BCUT2D eigenvalue weighted by Crippen LogP contribution is 2.34. The van der Waals surface area contributed by atoms with Crippen molar-refractivity contribution in [3.05, 3.63) is 52.5 Å². The second-order valence-corrected chi connectivity index (χ2v) is 7.12. The Hall–Kier alpha value is -2.73. The van der Waals surface area contributed by atoms with Crippen LogP contribution >= 0.6 is 11.3 Å². The summed E-state index contributed by atoms with van der Waals surface area (Å²) in [6.45, 7) is 0.588. The van der Waals surface area contributed by atoms with Crippen molar-refractivity contribution < 1.29 is 9.59 Å². The van der Waals surface area contributed by atoms with Crippen LogP contribution in [0, 0.1) is 0 Å². The van der Waals surface area contributed by atoms with Crippen LogP contribution in [0.2, 0.25) is 0 Å². The Morgan fingerprint density at radius 2 is 1.88 bits per heavy atom. The highest BCUT2D eigenvalue weighted by molar-refractivity contribution is 7.13. The third-order valence-electron chi connectivity index (χ3n) is 4.34. The van der Waals surface area contributed by atoms with E-state index >= 15 is 0 Å². The fourth-order valence-corrected chi connectivity index (χ4v) is 3.89. The lowest BCUT2D eigenvalue weighted by atomic mass is 9.86. The molecule has 4 rings (SSSR count). The Morgan fingerprint density at radius 1 is 1.12 bits per heavy atom. The van der Waals surface area contributed by atoms with E-state index in [9.17, 15) is 9.59 Å². The van der Waals surface area contributed by atoms with Crippen LogP contribution in [-0.4, -0.2) is 30.6 Å². The van der Waals surface area contributed by atoms with E-state index in [1.54, 1.807) is 17.4 Å². The van der Waals surface area contributed by atoms with Gasteiger partial charge < -0.3 is 10.2 Å². The summed E-state index contributed by atoms with van der Waals surface area (Å²) in [7, 11) is 3.94. The Bertz CT molecular complexity index is 987. The second kappa shape index (κ2) is 5.97. The first-order chi connectivity index (χ1) is 12.0. The minimum Gasteiger partial charge on any atom is -0.379 e. The number of nitrogens with one attached hydrogen (secondary N) is 1. The van der Waals surface area contributed by atoms with E-state index in [0.717, 1.165) is 27.3 Å². The van der Waals surface area contributed by atoms with Crippen LogP contribution in [0.25, 0.3) is 10.8 Å². The quantitative estimate of drug-likeness (QED) is 0.726. The van der Waals surface area contributed by atoms with Gasteiger partial charge in [-0.1, -0.05) is 18.2 Å². The van der Waals surface area contributed by atoms with Gasteiger partial charge in [0.25, 0.3) is 0 Å². The monoisotopic (exact) mass is 351 g/mol. The van der Waals surface area contributed by atoms with Crippen LogP contribution in [0.3, 0.4) is 0 Å². The minimum absolute atomic E-state index is 0.0367. The van der Waals surface area contributed by atoms with E-state index in [1.165, 1.54) is 0 Å². The summed E-state index contributed by atoms with van der Waals surface area (Å²) in [5, 5.41) is 8.05. The van der Waals surface area contributed by atoms with Crippen molar-refractivity contribution in [1.82, 2.24) is 4.98 Å². The van der Waals surface area contributed by atoms with Crippen LogP contribution in [-0.2, 0) is 6.54 Å². The number of rotatable bonds is 4. The number of thiazole rings is 1. The fourth-order valence-electron chi connectivity index (χ4n) is 3.13. The predicted molar refractivity (Wildman–Crippen MR) is 101 cm³/mol. The SMILES string of the molecule is CN(C)c1nc(CNc2ccc3c4c(cccc24)C(=O)CC3=O)cs1. The second-order valence-electron chi connectivity index (χ2n) is 6.28. The smallest absolute Gasteiger partial charge is 0.185 e. The van der Waals surface area contributed by atoms with Crippen LogP contribution in [0.1, 0.15) is 32.8 Å². The summed E-state index contributed by atoms with van der Waals surface area (Å²) in [5.74, 6) is -0.203. The molecule has 1 aliphatic rings. The molecule has 0 atom stereocenters. The van der Waals surface area contributed by atoms with Crippen molar-refractivity contribution in [1.29, 1.82) is 0 Å². The summed E-state index contributed by atoms with van der Waals surface area (Å²) in [6.07, 6.45) is -0.0367. The Kier molecular flexibility index (Phi) is 3.77. The lowest BCUT2D eigenvalue weighted by Crippen LogP contribution is -2.16. The van der Waals surface area contributed by atoms with Gasteiger partial charge in [-0.05, 0) is 12.1 Å². The maximum atomic E-state index is 12.2. The average molecular weight is 351 g/mol. The molecule has 1 heterocycles. The van der Waals surface area contributed by atoms with Gasteiger partial charge >= 0.3 is 0 Å². The Morgan fingerprint density at radius 3 is 2.60 bits per heavy atom. The van der Waals surface area contributed by atoms with Crippen molar-refractivity contribution >= 4 is 44.5 Å². The molecule has 0 unspecified atom stereocenters. The number of Topliss-reactive ketones (excluding diaryl/α,β-unsaturated/α-hetero) is 2. The molecule has 126 valence electrons. The third kappa shape index (κ3) is 2.68. The predicted octanol–water partition coefficient (Wildman–Crippen LogP) is 3.74. The van der Waals surface area contributed by atoms with Crippen molar-refractivity contribution in [3.8, 4) is 0 Å². The van der Waals surface area contributed by atoms with E-state index in [4.69, 9.17) is 0 Å². The first-order valence-corrected chi connectivity index (χ1v) is 8.90. The van der Waals surface area contributed by atoms with Crippen molar-refractivity contribution in [2.45, 2.75) is 13.0 Å². The molecule has 0 aliphatic heterocycles. The topological polar surface area (TPSA) is 62.3 Å². The van der Waals surface area contributed by atoms with E-state index in [1.807, 2.05) is 48.6 Å². The number of benzene rings is 2. The van der Waals surface area contributed by atoms with Gasteiger partial charge in [0.1, 0.15) is 0 Å². The summed E-state index contributed by atoms with van der Waals surface area (Å²) >= 11 is 1.60. The highest BCUT2D eigenvalue weighted by atomic mass is 32.1. The van der Waals surface area contributed by atoms with Gasteiger partial charge in [-0.15, -0.1) is 11.3 Å². The van der Waals surface area contributed by atoms with Crippen LogP contribution in [0.4, 0.5) is 10.8 Å². The molecule has 25 heavy (non-hydrogen) atoms. The number of carbonyl (C=O) groups is 2. The number of aromatic nitrogens is 1. The zero-order valence-corrected chi connectivity index (χ0v) is 14.8. The average Bonchev–Trinajstić information content (AvgIpc) is 3.07. The minimum atomic E-state index is -0.102. The summed E-state index contributed by atoms with van der Waals surface area (Å²) in [4.78, 5) is 30.9. The van der Waals surface area contributed by atoms with Crippen LogP contribution in [0.5, 0.6) is 0 Å². The van der Waals surface area contributed by atoms with Gasteiger partial charge in [-0.25, -0.2) is 4.98 Å². The molecule has 1 aliphatic carbocycles. The normalized spacial score (nSPS) is 13.4. The molecule has 5 nitrogen and oxygen atoms in total. The van der Waals surface area contributed by atoms with Gasteiger partial charge in [0, 0.05) is 47.1 Å². The van der Waals surface area contributed by atoms with Gasteiger partial charge in [0.05, 0.1) is 18.7 Å². The summed E-state index contributed by atoms with van der Waals surface area (Å²) in [6, 6.07) is 9.34. The van der Waals surface area contributed by atoms with Crippen molar-refractivity contribution in [2.75, 3.05) is 24.3 Å². The molecule has 0 saturated carbocycles. The van der Waals surface area contributed by atoms with Gasteiger partial charge in [0.15, 0.2) is 16.7 Å². The molecule has 0 bridgehead atoms. The molecular weight excluding hydrogens is 334 g/mol. The Labute approximate surface area is 149 Å².